The molecule has 0 fully saturated rings. The summed E-state index contributed by atoms with van der Waals surface area (Å²) in [6.45, 7) is 1.37. The molecule has 0 aliphatic carbocycles. The van der Waals surface area contributed by atoms with Crippen LogP contribution in [0.2, 0.25) is 0 Å². The highest BCUT2D eigenvalue weighted by atomic mass is 32.2. The van der Waals surface area contributed by atoms with Gasteiger partial charge in [-0.15, -0.1) is 10.2 Å². The van der Waals surface area contributed by atoms with Crippen LogP contribution >= 0.6 is 23.1 Å². The fraction of sp³-hybridized carbons (Fsp3) is 0.0667. The van der Waals surface area contributed by atoms with Gasteiger partial charge in [-0.2, -0.15) is 13.8 Å². The van der Waals surface area contributed by atoms with Crippen LogP contribution in [0.5, 0.6) is 0 Å². The van der Waals surface area contributed by atoms with Gasteiger partial charge in [-0.05, 0) is 18.2 Å². The fourth-order valence-corrected chi connectivity index (χ4v) is 3.70. The maximum Gasteiger partial charge on any atom is 0.252 e. The van der Waals surface area contributed by atoms with Crippen LogP contribution in [0.25, 0.3) is 0 Å². The van der Waals surface area contributed by atoms with Crippen molar-refractivity contribution in [1.82, 2.24) is 15.2 Å². The minimum atomic E-state index is -1.74. The molecule has 0 spiro atoms. The molecule has 0 unspecified atom stereocenters. The number of carbonyl (C=O) groups excluding carboxylic acids is 1. The number of rotatable bonds is 5. The second kappa shape index (κ2) is 7.88. The summed E-state index contributed by atoms with van der Waals surface area (Å²) in [4.78, 5) is 12.7. The third kappa shape index (κ3) is 4.52. The molecule has 0 aliphatic rings. The molecule has 27 heavy (non-hydrogen) atoms. The Balaban J connectivity index is 1.78. The standard InChI is InChI=1S/C15H9F4N5OS2/c1-6(25)20-7-3-2-4-8(5-7)21-14-23-24-15(27-14)26-11-9(16)12(18)22-13(19)10(11)17/h2-5H,1H3,(H,20,25)(H,21,23). The summed E-state index contributed by atoms with van der Waals surface area (Å²) in [5.74, 6) is -6.93. The predicted molar refractivity (Wildman–Crippen MR) is 92.1 cm³/mol. The summed E-state index contributed by atoms with van der Waals surface area (Å²) in [6, 6.07) is 6.72. The van der Waals surface area contributed by atoms with Gasteiger partial charge >= 0.3 is 0 Å². The molecule has 0 saturated heterocycles. The smallest absolute Gasteiger partial charge is 0.252 e. The first kappa shape index (κ1) is 19.0. The number of benzene rings is 1. The molecule has 6 nitrogen and oxygen atoms in total. The Morgan fingerprint density at radius 1 is 1.07 bits per heavy atom. The number of nitrogens with zero attached hydrogens (tertiary/aromatic N) is 3. The molecule has 3 rings (SSSR count). The van der Waals surface area contributed by atoms with E-state index in [1.165, 1.54) is 6.92 Å². The van der Waals surface area contributed by atoms with Gasteiger partial charge in [0.1, 0.15) is 0 Å². The van der Waals surface area contributed by atoms with Gasteiger partial charge in [0.2, 0.25) is 11.0 Å². The minimum Gasteiger partial charge on any atom is -0.330 e. The van der Waals surface area contributed by atoms with Crippen LogP contribution in [0.4, 0.5) is 34.1 Å². The van der Waals surface area contributed by atoms with Gasteiger partial charge in [0.15, 0.2) is 16.0 Å². The van der Waals surface area contributed by atoms with E-state index < -0.39 is 28.4 Å². The lowest BCUT2D eigenvalue weighted by atomic mass is 10.3. The fourth-order valence-electron chi connectivity index (χ4n) is 1.95. The van der Waals surface area contributed by atoms with Crippen molar-refractivity contribution in [2.45, 2.75) is 16.2 Å². The van der Waals surface area contributed by atoms with Gasteiger partial charge in [0, 0.05) is 18.3 Å². The van der Waals surface area contributed by atoms with Crippen molar-refractivity contribution in [3.8, 4) is 0 Å². The molecule has 0 saturated carbocycles. The molecule has 2 aromatic heterocycles. The second-order valence-electron chi connectivity index (χ2n) is 5.01. The van der Waals surface area contributed by atoms with Gasteiger partial charge in [-0.3, -0.25) is 4.79 Å². The van der Waals surface area contributed by atoms with Crippen LogP contribution < -0.4 is 10.6 Å². The predicted octanol–water partition coefficient (Wildman–Crippen LogP) is 4.34. The van der Waals surface area contributed by atoms with Crippen molar-refractivity contribution in [3.05, 3.63) is 47.8 Å². The van der Waals surface area contributed by atoms with E-state index in [2.05, 4.69) is 25.8 Å². The molecule has 1 amide bonds. The molecule has 1 aromatic carbocycles. The SMILES string of the molecule is CC(=O)Nc1cccc(Nc2nnc(Sc3c(F)c(F)nc(F)c3F)s2)c1. The summed E-state index contributed by atoms with van der Waals surface area (Å²) >= 11 is 1.31. The number of pyridine rings is 1. The van der Waals surface area contributed by atoms with Crippen LogP contribution in [0.15, 0.2) is 33.5 Å². The molecule has 2 heterocycles. The highest BCUT2D eigenvalue weighted by Crippen LogP contribution is 2.36. The Morgan fingerprint density at radius 3 is 2.41 bits per heavy atom. The zero-order chi connectivity index (χ0) is 19.6. The lowest BCUT2D eigenvalue weighted by Gasteiger charge is -2.05. The van der Waals surface area contributed by atoms with Gasteiger partial charge < -0.3 is 10.6 Å². The Morgan fingerprint density at radius 2 is 1.74 bits per heavy atom. The molecular formula is C15H9F4N5OS2. The van der Waals surface area contributed by atoms with Gasteiger partial charge in [-0.25, -0.2) is 8.78 Å². The molecule has 12 heteroatoms. The van der Waals surface area contributed by atoms with Crippen molar-refractivity contribution in [2.75, 3.05) is 10.6 Å². The Kier molecular flexibility index (Phi) is 5.56. The van der Waals surface area contributed by atoms with Gasteiger partial charge in [0.05, 0.1) is 4.90 Å². The van der Waals surface area contributed by atoms with E-state index in [-0.39, 0.29) is 15.4 Å². The van der Waals surface area contributed by atoms with Crippen molar-refractivity contribution >= 4 is 45.5 Å². The first-order valence-corrected chi connectivity index (χ1v) is 8.83. The first-order valence-electron chi connectivity index (χ1n) is 7.19. The normalized spacial score (nSPS) is 10.7. The molecule has 140 valence electrons. The van der Waals surface area contributed by atoms with Crippen molar-refractivity contribution < 1.29 is 22.4 Å². The van der Waals surface area contributed by atoms with Crippen LogP contribution in [-0.4, -0.2) is 21.1 Å². The van der Waals surface area contributed by atoms with Crippen molar-refractivity contribution in [2.24, 2.45) is 0 Å². The second-order valence-corrected chi connectivity index (χ2v) is 7.25. The number of hydrogen-bond donors (Lipinski definition) is 2. The van der Waals surface area contributed by atoms with E-state index in [1.807, 2.05) is 0 Å². The summed E-state index contributed by atoms with van der Waals surface area (Å²) in [6.07, 6.45) is 0. The maximum atomic E-state index is 13.7. The number of amides is 1. The topological polar surface area (TPSA) is 79.8 Å². The third-order valence-electron chi connectivity index (χ3n) is 2.99. The largest absolute Gasteiger partial charge is 0.330 e. The number of aromatic nitrogens is 3. The highest BCUT2D eigenvalue weighted by Gasteiger charge is 2.23. The molecule has 0 aliphatic heterocycles. The molecule has 0 radical (unpaired) electrons. The number of hydrogen-bond acceptors (Lipinski definition) is 7. The van der Waals surface area contributed by atoms with E-state index in [0.29, 0.717) is 23.1 Å². The first-order chi connectivity index (χ1) is 12.8. The number of halogens is 4. The average Bonchev–Trinajstić information content (AvgIpc) is 3.04. The lowest BCUT2D eigenvalue weighted by Crippen LogP contribution is -2.05. The molecule has 2 N–H and O–H groups in total. The zero-order valence-corrected chi connectivity index (χ0v) is 15.0. The monoisotopic (exact) mass is 415 g/mol. The summed E-state index contributed by atoms with van der Waals surface area (Å²) < 4.78 is 53.7. The number of nitrogens with one attached hydrogen (secondary N) is 2. The molecule has 0 bridgehead atoms. The summed E-state index contributed by atoms with van der Waals surface area (Å²) in [5.41, 5.74) is 1.13. The van der Waals surface area contributed by atoms with E-state index >= 15 is 0 Å². The van der Waals surface area contributed by atoms with E-state index in [9.17, 15) is 22.4 Å². The average molecular weight is 415 g/mol. The zero-order valence-electron chi connectivity index (χ0n) is 13.4. The third-order valence-corrected chi connectivity index (χ3v) is 4.94. The highest BCUT2D eigenvalue weighted by molar-refractivity contribution is 8.01. The van der Waals surface area contributed by atoms with Gasteiger partial charge in [-0.1, -0.05) is 29.2 Å². The van der Waals surface area contributed by atoms with Crippen LogP contribution in [-0.2, 0) is 4.79 Å². The van der Waals surface area contributed by atoms with Gasteiger partial charge in [0.25, 0.3) is 11.9 Å². The Hall–Kier alpha value is -2.73. The molecule has 3 aromatic rings. The summed E-state index contributed by atoms with van der Waals surface area (Å²) in [5, 5.41) is 13.3. The lowest BCUT2D eigenvalue weighted by molar-refractivity contribution is -0.114. The van der Waals surface area contributed by atoms with Crippen LogP contribution in [0, 0.1) is 23.5 Å². The quantitative estimate of drug-likeness (QED) is 0.477. The van der Waals surface area contributed by atoms with Crippen LogP contribution in [0.3, 0.4) is 0 Å². The number of carbonyl (C=O) groups is 1. The van der Waals surface area contributed by atoms with Crippen molar-refractivity contribution in [3.63, 3.8) is 0 Å². The Labute approximate surface area is 158 Å². The van der Waals surface area contributed by atoms with E-state index in [0.717, 1.165) is 11.3 Å². The van der Waals surface area contributed by atoms with E-state index in [4.69, 9.17) is 0 Å². The minimum absolute atomic E-state index is 0.0540. The molecular weight excluding hydrogens is 406 g/mol. The van der Waals surface area contributed by atoms with E-state index in [1.54, 1.807) is 24.3 Å². The number of anilines is 3. The van der Waals surface area contributed by atoms with Crippen molar-refractivity contribution in [1.29, 1.82) is 0 Å². The molecule has 0 atom stereocenters. The maximum absolute atomic E-state index is 13.7. The summed E-state index contributed by atoms with van der Waals surface area (Å²) in [7, 11) is 0. The van der Waals surface area contributed by atoms with Crippen LogP contribution in [0.1, 0.15) is 6.92 Å². The Bertz CT molecular complexity index is 988.